The Kier molecular flexibility index (Phi) is 4.64. The Morgan fingerprint density at radius 1 is 1.42 bits per heavy atom. The number of pyridine rings is 1. The standard InChI is InChI=1S/C18H22N6O2/c1-11(21-17(25)26-18(2,3)4)16-22-15(13-6-7-13)23-24(16)14-8-5-12(9-19)10-20-14/h5,8,10-11,13H,6-7H2,1-4H3,(H,21,25). The minimum atomic E-state index is -0.578. The number of alkyl carbamates (subject to hydrolysis) is 1. The van der Waals surface area contributed by atoms with Crippen LogP contribution in [0.2, 0.25) is 0 Å². The molecular formula is C18H22N6O2. The minimum absolute atomic E-state index is 0.363. The van der Waals surface area contributed by atoms with Crippen molar-refractivity contribution < 1.29 is 9.53 Å². The first-order chi connectivity index (χ1) is 12.3. The minimum Gasteiger partial charge on any atom is -0.444 e. The summed E-state index contributed by atoms with van der Waals surface area (Å²) in [6.45, 7) is 7.26. The second-order valence-electron chi connectivity index (χ2n) is 7.40. The SMILES string of the molecule is CC(NC(=O)OC(C)(C)C)c1nc(C2CC2)nn1-c1ccc(C#N)cn1. The molecule has 0 bridgehead atoms. The lowest BCUT2D eigenvalue weighted by molar-refractivity contribution is 0.0505. The first kappa shape index (κ1) is 17.9. The summed E-state index contributed by atoms with van der Waals surface area (Å²) in [5.74, 6) is 2.25. The number of nitriles is 1. The van der Waals surface area contributed by atoms with Gasteiger partial charge in [-0.2, -0.15) is 9.94 Å². The molecule has 8 heteroatoms. The summed E-state index contributed by atoms with van der Waals surface area (Å²) in [5, 5.41) is 16.3. The molecule has 1 N–H and O–H groups in total. The quantitative estimate of drug-likeness (QED) is 0.905. The zero-order valence-corrected chi connectivity index (χ0v) is 15.4. The number of nitrogens with one attached hydrogen (secondary N) is 1. The number of rotatable bonds is 4. The van der Waals surface area contributed by atoms with Gasteiger partial charge in [0, 0.05) is 12.1 Å². The van der Waals surface area contributed by atoms with Gasteiger partial charge < -0.3 is 10.1 Å². The molecule has 1 saturated carbocycles. The summed E-state index contributed by atoms with van der Waals surface area (Å²) in [4.78, 5) is 21.0. The summed E-state index contributed by atoms with van der Waals surface area (Å²) >= 11 is 0. The van der Waals surface area contributed by atoms with Gasteiger partial charge in [0.2, 0.25) is 0 Å². The van der Waals surface area contributed by atoms with Crippen molar-refractivity contribution in [3.63, 3.8) is 0 Å². The van der Waals surface area contributed by atoms with Crippen molar-refractivity contribution in [3.05, 3.63) is 35.5 Å². The summed E-state index contributed by atoms with van der Waals surface area (Å²) in [5.41, 5.74) is -0.108. The van der Waals surface area contributed by atoms with E-state index in [2.05, 4.69) is 20.4 Å². The van der Waals surface area contributed by atoms with Crippen LogP contribution < -0.4 is 5.32 Å². The average molecular weight is 354 g/mol. The summed E-state index contributed by atoms with van der Waals surface area (Å²) in [7, 11) is 0. The number of hydrogen-bond acceptors (Lipinski definition) is 6. The number of ether oxygens (including phenoxy) is 1. The largest absolute Gasteiger partial charge is 0.444 e. The molecule has 1 aliphatic carbocycles. The second-order valence-corrected chi connectivity index (χ2v) is 7.40. The summed E-state index contributed by atoms with van der Waals surface area (Å²) in [6.07, 6.45) is 3.11. The van der Waals surface area contributed by atoms with Gasteiger partial charge in [-0.25, -0.2) is 14.8 Å². The van der Waals surface area contributed by atoms with Crippen molar-refractivity contribution in [2.75, 3.05) is 0 Å². The van der Waals surface area contributed by atoms with E-state index in [1.165, 1.54) is 6.20 Å². The molecule has 0 saturated heterocycles. The van der Waals surface area contributed by atoms with Crippen molar-refractivity contribution >= 4 is 6.09 Å². The molecule has 1 amide bonds. The van der Waals surface area contributed by atoms with Gasteiger partial charge in [-0.1, -0.05) is 0 Å². The maximum absolute atomic E-state index is 12.1. The molecule has 0 aromatic carbocycles. The molecule has 1 atom stereocenters. The first-order valence-electron chi connectivity index (χ1n) is 8.60. The van der Waals surface area contributed by atoms with Crippen LogP contribution in [0.15, 0.2) is 18.3 Å². The highest BCUT2D eigenvalue weighted by Crippen LogP contribution is 2.38. The van der Waals surface area contributed by atoms with Gasteiger partial charge in [-0.15, -0.1) is 5.10 Å². The Bertz CT molecular complexity index is 840. The Balaban J connectivity index is 1.87. The number of hydrogen-bond donors (Lipinski definition) is 1. The van der Waals surface area contributed by atoms with Gasteiger partial charge in [0.15, 0.2) is 17.5 Å². The first-order valence-corrected chi connectivity index (χ1v) is 8.60. The lowest BCUT2D eigenvalue weighted by Crippen LogP contribution is -2.35. The van der Waals surface area contributed by atoms with Crippen LogP contribution in [0.5, 0.6) is 0 Å². The van der Waals surface area contributed by atoms with Crippen molar-refractivity contribution in [2.24, 2.45) is 0 Å². The predicted molar refractivity (Wildman–Crippen MR) is 93.6 cm³/mol. The van der Waals surface area contributed by atoms with Crippen molar-refractivity contribution in [1.82, 2.24) is 25.1 Å². The molecular weight excluding hydrogens is 332 g/mol. The monoisotopic (exact) mass is 354 g/mol. The molecule has 26 heavy (non-hydrogen) atoms. The number of nitrogens with zero attached hydrogens (tertiary/aromatic N) is 5. The molecule has 1 aliphatic rings. The van der Waals surface area contributed by atoms with Crippen LogP contribution in [0.1, 0.15) is 69.7 Å². The molecule has 3 rings (SSSR count). The number of amides is 1. The smallest absolute Gasteiger partial charge is 0.408 e. The second kappa shape index (κ2) is 6.75. The van der Waals surface area contributed by atoms with Gasteiger partial charge >= 0.3 is 6.09 Å². The lowest BCUT2D eigenvalue weighted by atomic mass is 10.2. The average Bonchev–Trinajstić information content (AvgIpc) is 3.31. The van der Waals surface area contributed by atoms with E-state index in [1.54, 1.807) is 16.8 Å². The molecule has 0 radical (unpaired) electrons. The Hall–Kier alpha value is -2.95. The Labute approximate surface area is 152 Å². The molecule has 2 aromatic rings. The Morgan fingerprint density at radius 2 is 2.15 bits per heavy atom. The van der Waals surface area contributed by atoms with Crippen LogP contribution in [0, 0.1) is 11.3 Å². The third kappa shape index (κ3) is 4.17. The van der Waals surface area contributed by atoms with E-state index in [1.807, 2.05) is 33.8 Å². The number of carbonyl (C=O) groups is 1. The van der Waals surface area contributed by atoms with E-state index in [0.29, 0.717) is 23.1 Å². The lowest BCUT2D eigenvalue weighted by Gasteiger charge is -2.21. The van der Waals surface area contributed by atoms with Crippen molar-refractivity contribution in [1.29, 1.82) is 5.26 Å². The number of carbonyl (C=O) groups excluding carboxylic acids is 1. The van der Waals surface area contributed by atoms with E-state index in [0.717, 1.165) is 18.7 Å². The van der Waals surface area contributed by atoms with Crippen LogP contribution in [0.4, 0.5) is 4.79 Å². The van der Waals surface area contributed by atoms with Gasteiger partial charge in [-0.05, 0) is 52.7 Å². The van der Waals surface area contributed by atoms with Crippen LogP contribution in [-0.2, 0) is 4.74 Å². The Morgan fingerprint density at radius 3 is 2.69 bits per heavy atom. The highest BCUT2D eigenvalue weighted by atomic mass is 16.6. The van der Waals surface area contributed by atoms with Crippen LogP contribution >= 0.6 is 0 Å². The molecule has 2 heterocycles. The molecule has 1 fully saturated rings. The van der Waals surface area contributed by atoms with E-state index in [4.69, 9.17) is 10.00 Å². The normalized spacial score (nSPS) is 15.2. The molecule has 2 aromatic heterocycles. The van der Waals surface area contributed by atoms with Gasteiger partial charge in [0.1, 0.15) is 11.7 Å². The van der Waals surface area contributed by atoms with E-state index in [9.17, 15) is 4.79 Å². The van der Waals surface area contributed by atoms with Gasteiger partial charge in [0.05, 0.1) is 11.6 Å². The van der Waals surface area contributed by atoms with E-state index >= 15 is 0 Å². The predicted octanol–water partition coefficient (Wildman–Crippen LogP) is 3.00. The van der Waals surface area contributed by atoms with Gasteiger partial charge in [0.25, 0.3) is 0 Å². The highest BCUT2D eigenvalue weighted by Gasteiger charge is 2.31. The van der Waals surface area contributed by atoms with E-state index in [-0.39, 0.29) is 0 Å². The fourth-order valence-electron chi connectivity index (χ4n) is 2.43. The van der Waals surface area contributed by atoms with Crippen LogP contribution in [0.3, 0.4) is 0 Å². The zero-order valence-electron chi connectivity index (χ0n) is 15.4. The molecule has 0 aliphatic heterocycles. The zero-order chi connectivity index (χ0) is 18.9. The topological polar surface area (TPSA) is 106 Å². The third-order valence-corrected chi connectivity index (χ3v) is 3.81. The summed E-state index contributed by atoms with van der Waals surface area (Å²) in [6, 6.07) is 5.02. The molecule has 136 valence electrons. The van der Waals surface area contributed by atoms with Crippen LogP contribution in [0.25, 0.3) is 5.82 Å². The summed E-state index contributed by atoms with van der Waals surface area (Å²) < 4.78 is 6.94. The molecule has 0 spiro atoms. The maximum Gasteiger partial charge on any atom is 0.408 e. The number of aromatic nitrogens is 4. The molecule has 8 nitrogen and oxygen atoms in total. The fraction of sp³-hybridized carbons (Fsp3) is 0.500. The van der Waals surface area contributed by atoms with Gasteiger partial charge in [-0.3, -0.25) is 0 Å². The highest BCUT2D eigenvalue weighted by molar-refractivity contribution is 5.68. The third-order valence-electron chi connectivity index (χ3n) is 3.81. The van der Waals surface area contributed by atoms with Crippen LogP contribution in [-0.4, -0.2) is 31.4 Å². The van der Waals surface area contributed by atoms with Crippen molar-refractivity contribution in [3.8, 4) is 11.9 Å². The molecule has 1 unspecified atom stereocenters. The maximum atomic E-state index is 12.1. The van der Waals surface area contributed by atoms with Crippen molar-refractivity contribution in [2.45, 2.75) is 58.1 Å². The van der Waals surface area contributed by atoms with E-state index < -0.39 is 17.7 Å². The fourth-order valence-corrected chi connectivity index (χ4v) is 2.43.